The standard InChI is InChI=1S/C16H14O5/c1-19-16(18)15(17)12-7-9-14(10-8-12)21-11-20-13-5-3-2-4-6-13/h2-10H,11H2,1H3. The van der Waals surface area contributed by atoms with Crippen LogP contribution in [-0.2, 0) is 9.53 Å². The minimum Gasteiger partial charge on any atom is -0.463 e. The minimum absolute atomic E-state index is 0.0499. The summed E-state index contributed by atoms with van der Waals surface area (Å²) in [5, 5.41) is 0. The molecule has 0 aromatic heterocycles. The van der Waals surface area contributed by atoms with E-state index in [4.69, 9.17) is 9.47 Å². The monoisotopic (exact) mass is 286 g/mol. The molecule has 0 saturated heterocycles. The second-order valence-corrected chi connectivity index (χ2v) is 4.06. The number of hydrogen-bond donors (Lipinski definition) is 0. The Balaban J connectivity index is 1.88. The molecule has 0 radical (unpaired) electrons. The Hall–Kier alpha value is -2.82. The number of methoxy groups -OCH3 is 1. The van der Waals surface area contributed by atoms with Crippen molar-refractivity contribution in [3.8, 4) is 11.5 Å². The lowest BCUT2D eigenvalue weighted by Gasteiger charge is -2.08. The van der Waals surface area contributed by atoms with Crippen molar-refractivity contribution in [2.24, 2.45) is 0 Å². The first-order valence-electron chi connectivity index (χ1n) is 6.24. The summed E-state index contributed by atoms with van der Waals surface area (Å²) in [5.41, 5.74) is 0.248. The molecule has 0 heterocycles. The average molecular weight is 286 g/mol. The summed E-state index contributed by atoms with van der Waals surface area (Å²) in [6.07, 6.45) is 0. The summed E-state index contributed by atoms with van der Waals surface area (Å²) in [5.74, 6) is -0.344. The van der Waals surface area contributed by atoms with Gasteiger partial charge >= 0.3 is 5.97 Å². The number of ether oxygens (including phenoxy) is 3. The maximum Gasteiger partial charge on any atom is 0.379 e. The van der Waals surface area contributed by atoms with Crippen molar-refractivity contribution in [2.75, 3.05) is 13.9 Å². The summed E-state index contributed by atoms with van der Waals surface area (Å²) in [7, 11) is 1.17. The molecule has 0 aliphatic heterocycles. The fourth-order valence-electron chi connectivity index (χ4n) is 1.60. The SMILES string of the molecule is COC(=O)C(=O)c1ccc(OCOc2ccccc2)cc1. The Labute approximate surface area is 122 Å². The van der Waals surface area contributed by atoms with Crippen molar-refractivity contribution in [2.45, 2.75) is 0 Å². The van der Waals surface area contributed by atoms with E-state index in [0.29, 0.717) is 11.5 Å². The molecule has 0 bridgehead atoms. The van der Waals surface area contributed by atoms with E-state index in [1.807, 2.05) is 30.3 Å². The Morgan fingerprint density at radius 3 is 2.00 bits per heavy atom. The van der Waals surface area contributed by atoms with Crippen LogP contribution in [0.25, 0.3) is 0 Å². The molecule has 2 rings (SSSR count). The highest BCUT2D eigenvalue weighted by atomic mass is 16.7. The van der Waals surface area contributed by atoms with Gasteiger partial charge in [0.1, 0.15) is 11.5 Å². The largest absolute Gasteiger partial charge is 0.463 e. The van der Waals surface area contributed by atoms with Gasteiger partial charge in [0.2, 0.25) is 6.79 Å². The molecule has 5 nitrogen and oxygen atoms in total. The molecule has 0 spiro atoms. The second-order valence-electron chi connectivity index (χ2n) is 4.06. The number of ketones is 1. The molecule has 108 valence electrons. The summed E-state index contributed by atoms with van der Waals surface area (Å²) >= 11 is 0. The molecule has 0 unspecified atom stereocenters. The van der Waals surface area contributed by atoms with E-state index in [1.165, 1.54) is 19.2 Å². The van der Waals surface area contributed by atoms with E-state index >= 15 is 0 Å². The van der Waals surface area contributed by atoms with Gasteiger partial charge in [0.25, 0.3) is 5.78 Å². The fraction of sp³-hybridized carbons (Fsp3) is 0.125. The van der Waals surface area contributed by atoms with E-state index in [0.717, 1.165) is 0 Å². The molecule has 0 fully saturated rings. The lowest BCUT2D eigenvalue weighted by atomic mass is 10.1. The molecule has 0 amide bonds. The van der Waals surface area contributed by atoms with Crippen LogP contribution in [0.4, 0.5) is 0 Å². The van der Waals surface area contributed by atoms with Crippen LogP contribution in [0.2, 0.25) is 0 Å². The molecule has 0 saturated carbocycles. The molecule has 0 N–H and O–H groups in total. The zero-order valence-corrected chi connectivity index (χ0v) is 11.4. The van der Waals surface area contributed by atoms with Gasteiger partial charge in [-0.15, -0.1) is 0 Å². The zero-order chi connectivity index (χ0) is 15.1. The number of Topliss-reactive ketones (excluding diaryl/α,β-unsaturated/α-hetero) is 1. The lowest BCUT2D eigenvalue weighted by molar-refractivity contribution is -0.135. The number of benzene rings is 2. The smallest absolute Gasteiger partial charge is 0.379 e. The highest BCUT2D eigenvalue weighted by molar-refractivity contribution is 6.40. The molecule has 0 aliphatic carbocycles. The van der Waals surface area contributed by atoms with Crippen LogP contribution < -0.4 is 9.47 Å². The second kappa shape index (κ2) is 7.09. The highest BCUT2D eigenvalue weighted by Gasteiger charge is 2.16. The lowest BCUT2D eigenvalue weighted by Crippen LogP contribution is -2.15. The molecule has 2 aromatic carbocycles. The van der Waals surface area contributed by atoms with Crippen LogP contribution in [0.1, 0.15) is 10.4 Å². The van der Waals surface area contributed by atoms with Crippen molar-refractivity contribution >= 4 is 11.8 Å². The average Bonchev–Trinajstić information content (AvgIpc) is 2.55. The number of esters is 1. The van der Waals surface area contributed by atoms with E-state index in [2.05, 4.69) is 4.74 Å². The van der Waals surface area contributed by atoms with Crippen molar-refractivity contribution in [3.05, 3.63) is 60.2 Å². The Bertz CT molecular complexity index is 604. The maximum absolute atomic E-state index is 11.5. The van der Waals surface area contributed by atoms with E-state index in [9.17, 15) is 9.59 Å². The van der Waals surface area contributed by atoms with E-state index < -0.39 is 11.8 Å². The van der Waals surface area contributed by atoms with Gasteiger partial charge in [0.15, 0.2) is 0 Å². The zero-order valence-electron chi connectivity index (χ0n) is 11.4. The predicted molar refractivity (Wildman–Crippen MR) is 75.4 cm³/mol. The van der Waals surface area contributed by atoms with Gasteiger partial charge in [-0.2, -0.15) is 0 Å². The van der Waals surface area contributed by atoms with Gasteiger partial charge in [-0.05, 0) is 36.4 Å². The van der Waals surface area contributed by atoms with Crippen molar-refractivity contribution in [1.29, 1.82) is 0 Å². The van der Waals surface area contributed by atoms with Crippen LogP contribution in [-0.4, -0.2) is 25.7 Å². The third kappa shape index (κ3) is 4.07. The number of rotatable bonds is 6. The van der Waals surface area contributed by atoms with Crippen molar-refractivity contribution in [1.82, 2.24) is 0 Å². The number of para-hydroxylation sites is 1. The first-order valence-corrected chi connectivity index (χ1v) is 6.24. The first kappa shape index (κ1) is 14.6. The van der Waals surface area contributed by atoms with Gasteiger partial charge < -0.3 is 14.2 Å². The summed E-state index contributed by atoms with van der Waals surface area (Å²) < 4.78 is 15.1. The maximum atomic E-state index is 11.5. The fourth-order valence-corrected chi connectivity index (χ4v) is 1.60. The third-order valence-electron chi connectivity index (χ3n) is 2.68. The van der Waals surface area contributed by atoms with E-state index in [-0.39, 0.29) is 12.4 Å². The van der Waals surface area contributed by atoms with Crippen LogP contribution in [0.15, 0.2) is 54.6 Å². The highest BCUT2D eigenvalue weighted by Crippen LogP contribution is 2.14. The molecular weight excluding hydrogens is 272 g/mol. The van der Waals surface area contributed by atoms with E-state index in [1.54, 1.807) is 12.1 Å². The number of hydrogen-bond acceptors (Lipinski definition) is 5. The summed E-state index contributed by atoms with van der Waals surface area (Å²) in [6, 6.07) is 15.4. The predicted octanol–water partition coefficient (Wildman–Crippen LogP) is 2.46. The Kier molecular flexibility index (Phi) is 4.93. The quantitative estimate of drug-likeness (QED) is 0.353. The summed E-state index contributed by atoms with van der Waals surface area (Å²) in [4.78, 5) is 22.6. The Morgan fingerprint density at radius 1 is 0.857 bits per heavy atom. The van der Waals surface area contributed by atoms with Gasteiger partial charge in [-0.3, -0.25) is 4.79 Å². The number of carbonyl (C=O) groups excluding carboxylic acids is 2. The van der Waals surface area contributed by atoms with Crippen LogP contribution in [0.5, 0.6) is 11.5 Å². The first-order chi connectivity index (χ1) is 10.2. The van der Waals surface area contributed by atoms with Gasteiger partial charge in [0, 0.05) is 5.56 Å². The molecule has 0 aliphatic rings. The van der Waals surface area contributed by atoms with Gasteiger partial charge in [0.05, 0.1) is 7.11 Å². The van der Waals surface area contributed by atoms with Crippen molar-refractivity contribution in [3.63, 3.8) is 0 Å². The molecule has 0 atom stereocenters. The Morgan fingerprint density at radius 2 is 1.43 bits per heavy atom. The molecule has 21 heavy (non-hydrogen) atoms. The van der Waals surface area contributed by atoms with Crippen LogP contribution >= 0.6 is 0 Å². The third-order valence-corrected chi connectivity index (χ3v) is 2.68. The molecular formula is C16H14O5. The van der Waals surface area contributed by atoms with Gasteiger partial charge in [-0.1, -0.05) is 18.2 Å². The van der Waals surface area contributed by atoms with Crippen molar-refractivity contribution < 1.29 is 23.8 Å². The van der Waals surface area contributed by atoms with Crippen LogP contribution in [0, 0.1) is 0 Å². The van der Waals surface area contributed by atoms with Gasteiger partial charge in [-0.25, -0.2) is 4.79 Å². The normalized spacial score (nSPS) is 9.76. The summed E-state index contributed by atoms with van der Waals surface area (Å²) in [6.45, 7) is 0.0499. The van der Waals surface area contributed by atoms with Crippen LogP contribution in [0.3, 0.4) is 0 Å². The molecule has 5 heteroatoms. The molecule has 2 aromatic rings. The topological polar surface area (TPSA) is 61.8 Å². The number of carbonyl (C=O) groups is 2. The minimum atomic E-state index is -0.893.